The molecule has 0 saturated heterocycles. The molecule has 4 heteroatoms. The number of hydrogen-bond acceptors (Lipinski definition) is 2. The molecule has 2 nitrogen and oxygen atoms in total. The predicted molar refractivity (Wildman–Crippen MR) is 97.8 cm³/mol. The summed E-state index contributed by atoms with van der Waals surface area (Å²) in [6.45, 7) is 0. The molecule has 0 atom stereocenters. The lowest BCUT2D eigenvalue weighted by atomic mass is 10.00. The Kier molecular flexibility index (Phi) is 3.82. The molecule has 0 unspecified atom stereocenters. The van der Waals surface area contributed by atoms with Gasteiger partial charge in [-0.25, -0.2) is 8.91 Å². The summed E-state index contributed by atoms with van der Waals surface area (Å²) in [5.41, 5.74) is 4.97. The van der Waals surface area contributed by atoms with Crippen LogP contribution in [0, 0.1) is 5.82 Å². The molecule has 0 amide bonds. The van der Waals surface area contributed by atoms with E-state index in [2.05, 4.69) is 36.6 Å². The second-order valence-corrected chi connectivity index (χ2v) is 6.37. The Bertz CT molecular complexity index is 989. The van der Waals surface area contributed by atoms with Crippen LogP contribution >= 0.6 is 11.8 Å². The van der Waals surface area contributed by atoms with E-state index in [0.717, 1.165) is 27.9 Å². The molecule has 0 bridgehead atoms. The highest BCUT2D eigenvalue weighted by molar-refractivity contribution is 7.98. The van der Waals surface area contributed by atoms with Crippen LogP contribution in [0.5, 0.6) is 0 Å². The van der Waals surface area contributed by atoms with Gasteiger partial charge in [0.05, 0.1) is 5.52 Å². The van der Waals surface area contributed by atoms with Crippen LogP contribution in [0.25, 0.3) is 27.9 Å². The maximum atomic E-state index is 13.3. The first kappa shape index (κ1) is 15.0. The van der Waals surface area contributed by atoms with Crippen molar-refractivity contribution in [1.82, 2.24) is 9.61 Å². The van der Waals surface area contributed by atoms with Crippen molar-refractivity contribution in [2.45, 2.75) is 4.90 Å². The standard InChI is InChI=1S/C20H15FN2S/c1-24-17-11-7-14(8-12-17)19-18-4-2-3-13-23(18)22-20(19)15-5-9-16(21)10-6-15/h2-13H,1H3. The van der Waals surface area contributed by atoms with Crippen LogP contribution in [0.4, 0.5) is 4.39 Å². The number of benzene rings is 2. The second kappa shape index (κ2) is 6.13. The average Bonchev–Trinajstić information content (AvgIpc) is 3.02. The molecular formula is C20H15FN2S. The second-order valence-electron chi connectivity index (χ2n) is 5.49. The van der Waals surface area contributed by atoms with E-state index in [0.29, 0.717) is 0 Å². The molecule has 4 rings (SSSR count). The molecule has 0 saturated carbocycles. The van der Waals surface area contributed by atoms with Crippen LogP contribution in [-0.2, 0) is 0 Å². The summed E-state index contributed by atoms with van der Waals surface area (Å²) in [4.78, 5) is 1.22. The van der Waals surface area contributed by atoms with Gasteiger partial charge in [-0.05, 0) is 60.4 Å². The van der Waals surface area contributed by atoms with E-state index in [1.807, 2.05) is 22.8 Å². The molecule has 0 spiro atoms. The molecule has 0 aliphatic carbocycles. The first-order chi connectivity index (χ1) is 11.8. The van der Waals surface area contributed by atoms with Crippen LogP contribution in [-0.4, -0.2) is 15.9 Å². The fourth-order valence-electron chi connectivity index (χ4n) is 2.85. The molecule has 2 heterocycles. The number of nitrogens with zero attached hydrogens (tertiary/aromatic N) is 2. The molecule has 0 aliphatic rings. The Balaban J connectivity index is 1.97. The zero-order valence-corrected chi connectivity index (χ0v) is 13.9. The molecule has 0 radical (unpaired) electrons. The van der Waals surface area contributed by atoms with Crippen molar-refractivity contribution in [3.63, 3.8) is 0 Å². The summed E-state index contributed by atoms with van der Waals surface area (Å²) < 4.78 is 15.2. The van der Waals surface area contributed by atoms with Crippen molar-refractivity contribution in [2.75, 3.05) is 6.26 Å². The van der Waals surface area contributed by atoms with Crippen LogP contribution in [0.1, 0.15) is 0 Å². The Morgan fingerprint density at radius 3 is 2.29 bits per heavy atom. The van der Waals surface area contributed by atoms with E-state index >= 15 is 0 Å². The zero-order chi connectivity index (χ0) is 16.5. The predicted octanol–water partition coefficient (Wildman–Crippen LogP) is 5.53. The van der Waals surface area contributed by atoms with Crippen LogP contribution in [0.2, 0.25) is 0 Å². The van der Waals surface area contributed by atoms with Gasteiger partial charge < -0.3 is 0 Å². The van der Waals surface area contributed by atoms with Gasteiger partial charge in [-0.2, -0.15) is 5.10 Å². The Morgan fingerprint density at radius 1 is 0.875 bits per heavy atom. The van der Waals surface area contributed by atoms with Gasteiger partial charge in [0.25, 0.3) is 0 Å². The van der Waals surface area contributed by atoms with Gasteiger partial charge in [-0.3, -0.25) is 0 Å². The first-order valence-corrected chi connectivity index (χ1v) is 8.86. The number of aromatic nitrogens is 2. The number of thioether (sulfide) groups is 1. The summed E-state index contributed by atoms with van der Waals surface area (Å²) in [6.07, 6.45) is 4.00. The van der Waals surface area contributed by atoms with Crippen molar-refractivity contribution in [2.24, 2.45) is 0 Å². The van der Waals surface area contributed by atoms with Gasteiger partial charge in [0.1, 0.15) is 11.5 Å². The monoisotopic (exact) mass is 334 g/mol. The summed E-state index contributed by atoms with van der Waals surface area (Å²) >= 11 is 1.72. The van der Waals surface area contributed by atoms with E-state index in [9.17, 15) is 4.39 Å². The van der Waals surface area contributed by atoms with Gasteiger partial charge in [-0.15, -0.1) is 11.8 Å². The highest BCUT2D eigenvalue weighted by Crippen LogP contribution is 2.35. The third kappa shape index (κ3) is 2.59. The van der Waals surface area contributed by atoms with Gasteiger partial charge in [0, 0.05) is 22.2 Å². The Morgan fingerprint density at radius 2 is 1.58 bits per heavy atom. The Hall–Kier alpha value is -2.59. The number of fused-ring (bicyclic) bond motifs is 1. The average molecular weight is 334 g/mol. The molecule has 2 aromatic carbocycles. The minimum Gasteiger partial charge on any atom is -0.240 e. The SMILES string of the molecule is CSc1ccc(-c2c(-c3ccc(F)cc3)nn3ccccc23)cc1. The zero-order valence-electron chi connectivity index (χ0n) is 13.1. The van der Waals surface area contributed by atoms with Crippen molar-refractivity contribution < 1.29 is 4.39 Å². The van der Waals surface area contributed by atoms with Crippen molar-refractivity contribution >= 4 is 17.3 Å². The lowest BCUT2D eigenvalue weighted by Crippen LogP contribution is -1.85. The number of rotatable bonds is 3. The van der Waals surface area contributed by atoms with E-state index in [4.69, 9.17) is 5.10 Å². The first-order valence-electron chi connectivity index (χ1n) is 7.64. The minimum atomic E-state index is -0.242. The maximum Gasteiger partial charge on any atom is 0.123 e. The lowest BCUT2D eigenvalue weighted by Gasteiger charge is -2.05. The summed E-state index contributed by atoms with van der Waals surface area (Å²) in [6, 6.07) is 21.0. The van der Waals surface area contributed by atoms with E-state index < -0.39 is 0 Å². The molecule has 4 aromatic rings. The fraction of sp³-hybridized carbons (Fsp3) is 0.0500. The normalized spacial score (nSPS) is 11.1. The summed E-state index contributed by atoms with van der Waals surface area (Å²) in [5.74, 6) is -0.242. The third-order valence-corrected chi connectivity index (χ3v) is 4.78. The molecule has 0 N–H and O–H groups in total. The molecule has 0 fully saturated rings. The van der Waals surface area contributed by atoms with Gasteiger partial charge in [-0.1, -0.05) is 18.2 Å². The van der Waals surface area contributed by atoms with Crippen molar-refractivity contribution in [3.8, 4) is 22.4 Å². The van der Waals surface area contributed by atoms with Gasteiger partial charge in [0.2, 0.25) is 0 Å². The van der Waals surface area contributed by atoms with Crippen LogP contribution < -0.4 is 0 Å². The van der Waals surface area contributed by atoms with E-state index in [1.54, 1.807) is 23.9 Å². The van der Waals surface area contributed by atoms with Gasteiger partial charge in [0.15, 0.2) is 0 Å². The lowest BCUT2D eigenvalue weighted by molar-refractivity contribution is 0.628. The fourth-order valence-corrected chi connectivity index (χ4v) is 3.26. The number of hydrogen-bond donors (Lipinski definition) is 0. The maximum absolute atomic E-state index is 13.3. The molecular weight excluding hydrogens is 319 g/mol. The summed E-state index contributed by atoms with van der Waals surface area (Å²) in [7, 11) is 0. The molecule has 24 heavy (non-hydrogen) atoms. The van der Waals surface area contributed by atoms with Gasteiger partial charge >= 0.3 is 0 Å². The molecule has 0 aliphatic heterocycles. The largest absolute Gasteiger partial charge is 0.240 e. The van der Waals surface area contributed by atoms with Crippen LogP contribution in [0.3, 0.4) is 0 Å². The van der Waals surface area contributed by atoms with Crippen molar-refractivity contribution in [1.29, 1.82) is 0 Å². The highest BCUT2D eigenvalue weighted by atomic mass is 32.2. The number of halogens is 1. The topological polar surface area (TPSA) is 17.3 Å². The quantitative estimate of drug-likeness (QED) is 0.458. The number of pyridine rings is 1. The summed E-state index contributed by atoms with van der Waals surface area (Å²) in [5, 5.41) is 4.72. The van der Waals surface area contributed by atoms with Crippen molar-refractivity contribution in [3.05, 3.63) is 78.7 Å². The van der Waals surface area contributed by atoms with E-state index in [1.165, 1.54) is 17.0 Å². The highest BCUT2D eigenvalue weighted by Gasteiger charge is 2.16. The molecule has 2 aromatic heterocycles. The third-order valence-electron chi connectivity index (χ3n) is 4.04. The molecule has 118 valence electrons. The Labute approximate surface area is 144 Å². The smallest absolute Gasteiger partial charge is 0.123 e. The van der Waals surface area contributed by atoms with Crippen LogP contribution in [0.15, 0.2) is 77.8 Å². The minimum absolute atomic E-state index is 0.242. The van der Waals surface area contributed by atoms with E-state index in [-0.39, 0.29) is 5.82 Å².